The number of hydrogen-bond donors (Lipinski definition) is 0. The Morgan fingerprint density at radius 3 is 3.19 bits per heavy atom. The van der Waals surface area contributed by atoms with E-state index >= 15 is 0 Å². The highest BCUT2D eigenvalue weighted by molar-refractivity contribution is 9.10. The molecule has 0 amide bonds. The van der Waals surface area contributed by atoms with Crippen LogP contribution < -0.4 is 0 Å². The van der Waals surface area contributed by atoms with Crippen LogP contribution in [0.25, 0.3) is 5.65 Å². The van der Waals surface area contributed by atoms with Gasteiger partial charge in [-0.2, -0.15) is 0 Å². The summed E-state index contributed by atoms with van der Waals surface area (Å²) in [5.41, 5.74) is 0.884. The van der Waals surface area contributed by atoms with Gasteiger partial charge >= 0.3 is 0 Å². The Balaban J connectivity index is 2.03. The molecule has 1 saturated heterocycles. The van der Waals surface area contributed by atoms with E-state index in [0.29, 0.717) is 5.92 Å². The predicted molar refractivity (Wildman–Crippen MR) is 63.5 cm³/mol. The third kappa shape index (κ3) is 1.74. The maximum Gasteiger partial charge on any atom is 0.161 e. The molecule has 0 radical (unpaired) electrons. The number of ether oxygens (including phenoxy) is 1. The van der Waals surface area contributed by atoms with Crippen molar-refractivity contribution in [2.24, 2.45) is 0 Å². The standard InChI is InChI=1S/C11H12BrN3O/c12-9-3-4-15-10(6-9)13-14-11(15)8-2-1-5-16-7-8/h3-4,6,8H,1-2,5,7H2. The molecule has 0 bridgehead atoms. The summed E-state index contributed by atoms with van der Waals surface area (Å²) in [4.78, 5) is 0. The summed E-state index contributed by atoms with van der Waals surface area (Å²) >= 11 is 3.43. The van der Waals surface area contributed by atoms with Gasteiger partial charge in [-0.25, -0.2) is 0 Å². The third-order valence-corrected chi connectivity index (χ3v) is 3.42. The van der Waals surface area contributed by atoms with E-state index in [1.54, 1.807) is 0 Å². The first-order valence-corrected chi connectivity index (χ1v) is 6.22. The fourth-order valence-electron chi connectivity index (χ4n) is 2.11. The Morgan fingerprint density at radius 2 is 2.38 bits per heavy atom. The molecule has 84 valence electrons. The average Bonchev–Trinajstić information content (AvgIpc) is 2.73. The number of fused-ring (bicyclic) bond motifs is 1. The molecular formula is C11H12BrN3O. The molecule has 0 saturated carbocycles. The Bertz CT molecular complexity index is 505. The van der Waals surface area contributed by atoms with Gasteiger partial charge < -0.3 is 4.74 Å². The fourth-order valence-corrected chi connectivity index (χ4v) is 2.43. The van der Waals surface area contributed by atoms with Crippen molar-refractivity contribution in [3.8, 4) is 0 Å². The first-order chi connectivity index (χ1) is 7.84. The van der Waals surface area contributed by atoms with E-state index in [-0.39, 0.29) is 0 Å². The first kappa shape index (κ1) is 10.2. The Hall–Kier alpha value is -0.940. The van der Waals surface area contributed by atoms with Crippen molar-refractivity contribution in [3.05, 3.63) is 28.6 Å². The minimum atomic E-state index is 0.380. The smallest absolute Gasteiger partial charge is 0.161 e. The lowest BCUT2D eigenvalue weighted by molar-refractivity contribution is 0.0778. The Morgan fingerprint density at radius 1 is 1.44 bits per heavy atom. The summed E-state index contributed by atoms with van der Waals surface area (Å²) in [6.07, 6.45) is 4.25. The topological polar surface area (TPSA) is 39.4 Å². The first-order valence-electron chi connectivity index (χ1n) is 5.42. The normalized spacial score (nSPS) is 21.4. The highest BCUT2D eigenvalue weighted by Gasteiger charge is 2.21. The summed E-state index contributed by atoms with van der Waals surface area (Å²) < 4.78 is 8.56. The molecule has 1 atom stereocenters. The van der Waals surface area contributed by atoms with Crippen LogP contribution in [0, 0.1) is 0 Å². The lowest BCUT2D eigenvalue weighted by Crippen LogP contribution is -2.17. The van der Waals surface area contributed by atoms with Gasteiger partial charge in [0, 0.05) is 23.2 Å². The SMILES string of the molecule is Brc1ccn2c(C3CCCOC3)nnc2c1. The number of hydrogen-bond acceptors (Lipinski definition) is 3. The zero-order valence-corrected chi connectivity index (χ0v) is 10.4. The summed E-state index contributed by atoms with van der Waals surface area (Å²) in [5.74, 6) is 1.40. The molecule has 1 aliphatic rings. The van der Waals surface area contributed by atoms with Gasteiger partial charge in [0.05, 0.1) is 6.61 Å². The van der Waals surface area contributed by atoms with Crippen LogP contribution in [0.5, 0.6) is 0 Å². The van der Waals surface area contributed by atoms with E-state index in [0.717, 1.165) is 42.0 Å². The molecule has 1 fully saturated rings. The van der Waals surface area contributed by atoms with Gasteiger partial charge in [0.2, 0.25) is 0 Å². The molecule has 0 N–H and O–H groups in total. The van der Waals surface area contributed by atoms with Crippen LogP contribution in [0.1, 0.15) is 24.6 Å². The summed E-state index contributed by atoms with van der Waals surface area (Å²) in [6.45, 7) is 1.63. The minimum absolute atomic E-state index is 0.380. The second-order valence-corrected chi connectivity index (χ2v) is 4.96. The van der Waals surface area contributed by atoms with E-state index in [2.05, 4.69) is 26.1 Å². The van der Waals surface area contributed by atoms with Gasteiger partial charge in [0.15, 0.2) is 5.65 Å². The molecule has 1 aliphatic heterocycles. The molecule has 3 heterocycles. The lowest BCUT2D eigenvalue weighted by atomic mass is 10.0. The van der Waals surface area contributed by atoms with Gasteiger partial charge in [0.25, 0.3) is 0 Å². The molecule has 0 spiro atoms. The predicted octanol–water partition coefficient (Wildman–Crippen LogP) is 2.39. The van der Waals surface area contributed by atoms with Gasteiger partial charge in [-0.3, -0.25) is 4.40 Å². The quantitative estimate of drug-likeness (QED) is 0.806. The van der Waals surface area contributed by atoms with Crippen molar-refractivity contribution < 1.29 is 4.74 Å². The molecule has 1 unspecified atom stereocenters. The molecule has 2 aromatic heterocycles. The van der Waals surface area contributed by atoms with Crippen LogP contribution in [0.3, 0.4) is 0 Å². The van der Waals surface area contributed by atoms with E-state index in [1.807, 2.05) is 22.7 Å². The number of halogens is 1. The zero-order chi connectivity index (χ0) is 11.0. The van der Waals surface area contributed by atoms with Crippen molar-refractivity contribution in [2.45, 2.75) is 18.8 Å². The summed E-state index contributed by atoms with van der Waals surface area (Å²) in [5, 5.41) is 8.45. The second-order valence-electron chi connectivity index (χ2n) is 4.05. The minimum Gasteiger partial charge on any atom is -0.381 e. The lowest BCUT2D eigenvalue weighted by Gasteiger charge is -2.20. The average molecular weight is 282 g/mol. The van der Waals surface area contributed by atoms with Crippen molar-refractivity contribution in [1.82, 2.24) is 14.6 Å². The van der Waals surface area contributed by atoms with Gasteiger partial charge in [-0.1, -0.05) is 15.9 Å². The molecular weight excluding hydrogens is 270 g/mol. The van der Waals surface area contributed by atoms with Crippen LogP contribution in [-0.2, 0) is 4.74 Å². The highest BCUT2D eigenvalue weighted by Crippen LogP contribution is 2.25. The number of nitrogens with zero attached hydrogens (tertiary/aromatic N) is 3. The Labute approximate surface area is 102 Å². The van der Waals surface area contributed by atoms with Crippen LogP contribution >= 0.6 is 15.9 Å². The Kier molecular flexibility index (Phi) is 2.65. The van der Waals surface area contributed by atoms with Crippen molar-refractivity contribution >= 4 is 21.6 Å². The van der Waals surface area contributed by atoms with Gasteiger partial charge in [-0.15, -0.1) is 10.2 Å². The number of aromatic nitrogens is 3. The van der Waals surface area contributed by atoms with E-state index in [4.69, 9.17) is 4.74 Å². The van der Waals surface area contributed by atoms with Crippen LogP contribution in [-0.4, -0.2) is 27.8 Å². The van der Waals surface area contributed by atoms with Crippen LogP contribution in [0.4, 0.5) is 0 Å². The van der Waals surface area contributed by atoms with Gasteiger partial charge in [-0.05, 0) is 25.0 Å². The third-order valence-electron chi connectivity index (χ3n) is 2.92. The molecule has 0 aromatic carbocycles. The van der Waals surface area contributed by atoms with Crippen molar-refractivity contribution in [2.75, 3.05) is 13.2 Å². The zero-order valence-electron chi connectivity index (χ0n) is 8.77. The molecule has 0 aliphatic carbocycles. The maximum atomic E-state index is 5.49. The van der Waals surface area contributed by atoms with Crippen molar-refractivity contribution in [3.63, 3.8) is 0 Å². The molecule has 16 heavy (non-hydrogen) atoms. The van der Waals surface area contributed by atoms with E-state index in [9.17, 15) is 0 Å². The monoisotopic (exact) mass is 281 g/mol. The highest BCUT2D eigenvalue weighted by atomic mass is 79.9. The number of pyridine rings is 1. The van der Waals surface area contributed by atoms with Crippen molar-refractivity contribution in [1.29, 1.82) is 0 Å². The van der Waals surface area contributed by atoms with Crippen LogP contribution in [0.2, 0.25) is 0 Å². The van der Waals surface area contributed by atoms with E-state index < -0.39 is 0 Å². The van der Waals surface area contributed by atoms with Crippen LogP contribution in [0.15, 0.2) is 22.8 Å². The number of rotatable bonds is 1. The van der Waals surface area contributed by atoms with E-state index in [1.165, 1.54) is 0 Å². The summed E-state index contributed by atoms with van der Waals surface area (Å²) in [7, 11) is 0. The molecule has 4 nitrogen and oxygen atoms in total. The largest absolute Gasteiger partial charge is 0.381 e. The van der Waals surface area contributed by atoms with Gasteiger partial charge in [0.1, 0.15) is 5.82 Å². The fraction of sp³-hybridized carbons (Fsp3) is 0.455. The summed E-state index contributed by atoms with van der Waals surface area (Å²) in [6, 6.07) is 3.98. The second kappa shape index (κ2) is 4.14. The maximum absolute atomic E-state index is 5.49. The molecule has 5 heteroatoms. The molecule has 3 rings (SSSR count). The molecule has 2 aromatic rings.